The Balaban J connectivity index is 1.35. The van der Waals surface area contributed by atoms with Crippen molar-refractivity contribution in [3.05, 3.63) is 88.6 Å². The van der Waals surface area contributed by atoms with E-state index in [1.165, 1.54) is 11.3 Å². The van der Waals surface area contributed by atoms with E-state index in [-0.39, 0.29) is 11.3 Å². The zero-order valence-corrected chi connectivity index (χ0v) is 20.3. The van der Waals surface area contributed by atoms with Gasteiger partial charge in [0.2, 0.25) is 0 Å². The Kier molecular flexibility index (Phi) is 6.51. The SMILES string of the molecule is Cc1cc(C(=O)O)ccc1-c1cccc2c(CCCCC3CCc4ccccc4N3)c(C(=O)O)[nH]c12. The molecule has 0 saturated carbocycles. The molecule has 184 valence electrons. The van der Waals surface area contributed by atoms with Gasteiger partial charge in [-0.1, -0.05) is 48.9 Å². The third kappa shape index (κ3) is 4.59. The summed E-state index contributed by atoms with van der Waals surface area (Å²) < 4.78 is 0. The van der Waals surface area contributed by atoms with E-state index in [2.05, 4.69) is 34.6 Å². The van der Waals surface area contributed by atoms with Crippen LogP contribution in [0.1, 0.15) is 63.2 Å². The van der Waals surface area contributed by atoms with Crippen molar-refractivity contribution < 1.29 is 19.8 Å². The second-order valence-corrected chi connectivity index (χ2v) is 9.63. The van der Waals surface area contributed by atoms with Gasteiger partial charge in [0.25, 0.3) is 0 Å². The number of fused-ring (bicyclic) bond motifs is 2. The maximum absolute atomic E-state index is 12.1. The number of hydrogen-bond donors (Lipinski definition) is 4. The van der Waals surface area contributed by atoms with E-state index in [9.17, 15) is 19.8 Å². The van der Waals surface area contributed by atoms with E-state index in [4.69, 9.17) is 0 Å². The van der Waals surface area contributed by atoms with Crippen LogP contribution in [0.4, 0.5) is 5.69 Å². The Morgan fingerprint density at radius 1 is 0.944 bits per heavy atom. The van der Waals surface area contributed by atoms with Crippen LogP contribution in [0.15, 0.2) is 60.7 Å². The summed E-state index contributed by atoms with van der Waals surface area (Å²) in [7, 11) is 0. The molecule has 1 aliphatic heterocycles. The number of rotatable bonds is 8. The quantitative estimate of drug-likeness (QED) is 0.210. The molecule has 2 heterocycles. The average molecular weight is 483 g/mol. The van der Waals surface area contributed by atoms with Crippen LogP contribution in [0.5, 0.6) is 0 Å². The Hall–Kier alpha value is -4.06. The van der Waals surface area contributed by atoms with Crippen LogP contribution in [0.2, 0.25) is 0 Å². The lowest BCUT2D eigenvalue weighted by Gasteiger charge is -2.27. The van der Waals surface area contributed by atoms with Gasteiger partial charge in [-0.2, -0.15) is 0 Å². The van der Waals surface area contributed by atoms with Gasteiger partial charge in [-0.05, 0) is 79.5 Å². The molecular weight excluding hydrogens is 452 g/mol. The van der Waals surface area contributed by atoms with Crippen molar-refractivity contribution in [3.8, 4) is 11.1 Å². The highest BCUT2D eigenvalue weighted by atomic mass is 16.4. The number of aryl methyl sites for hydroxylation is 3. The van der Waals surface area contributed by atoms with Gasteiger partial charge in [-0.15, -0.1) is 0 Å². The minimum atomic E-state index is -0.967. The second-order valence-electron chi connectivity index (χ2n) is 9.63. The molecule has 0 aliphatic carbocycles. The van der Waals surface area contributed by atoms with E-state index >= 15 is 0 Å². The minimum absolute atomic E-state index is 0.234. The zero-order chi connectivity index (χ0) is 25.2. The first-order chi connectivity index (χ1) is 17.4. The number of H-pyrrole nitrogens is 1. The number of unbranched alkanes of at least 4 members (excludes halogenated alkanes) is 1. The van der Waals surface area contributed by atoms with Gasteiger partial charge in [0.15, 0.2) is 0 Å². The summed E-state index contributed by atoms with van der Waals surface area (Å²) in [6, 6.07) is 19.8. The lowest BCUT2D eigenvalue weighted by Crippen LogP contribution is -2.25. The summed E-state index contributed by atoms with van der Waals surface area (Å²) >= 11 is 0. The number of carboxylic acids is 2. The number of anilines is 1. The molecule has 4 N–H and O–H groups in total. The smallest absolute Gasteiger partial charge is 0.352 e. The van der Waals surface area contributed by atoms with Crippen LogP contribution >= 0.6 is 0 Å². The van der Waals surface area contributed by atoms with E-state index < -0.39 is 11.9 Å². The van der Waals surface area contributed by atoms with Gasteiger partial charge < -0.3 is 20.5 Å². The molecule has 0 fully saturated rings. The number of aromatic nitrogens is 1. The number of nitrogens with one attached hydrogen (secondary N) is 2. The van der Waals surface area contributed by atoms with E-state index in [0.29, 0.717) is 12.5 Å². The Bertz CT molecular complexity index is 1450. The molecule has 0 spiro atoms. The van der Waals surface area contributed by atoms with Crippen molar-refractivity contribution in [1.82, 2.24) is 4.98 Å². The Labute approximate surface area is 210 Å². The molecule has 3 aromatic carbocycles. The third-order valence-electron chi connectivity index (χ3n) is 7.29. The number of aromatic carboxylic acids is 2. The Morgan fingerprint density at radius 3 is 2.56 bits per heavy atom. The number of carbonyl (C=O) groups is 2. The molecule has 1 aliphatic rings. The summed E-state index contributed by atoms with van der Waals surface area (Å²) in [6.45, 7) is 1.88. The first-order valence-electron chi connectivity index (χ1n) is 12.5. The maximum atomic E-state index is 12.1. The number of para-hydroxylation sites is 2. The normalized spacial score (nSPS) is 14.9. The molecule has 6 heteroatoms. The number of benzene rings is 3. The molecule has 0 saturated heterocycles. The van der Waals surface area contributed by atoms with Crippen molar-refractivity contribution in [3.63, 3.8) is 0 Å². The van der Waals surface area contributed by atoms with Crippen LogP contribution in [0, 0.1) is 6.92 Å². The highest BCUT2D eigenvalue weighted by Crippen LogP contribution is 2.35. The monoisotopic (exact) mass is 482 g/mol. The molecule has 6 nitrogen and oxygen atoms in total. The summed E-state index contributed by atoms with van der Waals surface area (Å²) in [5.41, 5.74) is 7.29. The average Bonchev–Trinajstić information content (AvgIpc) is 3.25. The fourth-order valence-corrected chi connectivity index (χ4v) is 5.45. The molecule has 36 heavy (non-hydrogen) atoms. The predicted octanol–water partition coefficient (Wildman–Crippen LogP) is 6.68. The molecule has 1 aromatic heterocycles. The molecule has 1 unspecified atom stereocenters. The number of hydrogen-bond acceptors (Lipinski definition) is 3. The first kappa shape index (κ1) is 23.7. The van der Waals surface area contributed by atoms with Crippen LogP contribution in [0.3, 0.4) is 0 Å². The lowest BCUT2D eigenvalue weighted by atomic mass is 9.93. The van der Waals surface area contributed by atoms with Gasteiger partial charge in [0.1, 0.15) is 5.69 Å². The highest BCUT2D eigenvalue weighted by molar-refractivity contribution is 6.03. The van der Waals surface area contributed by atoms with Gasteiger partial charge in [-0.3, -0.25) is 0 Å². The van der Waals surface area contributed by atoms with Crippen molar-refractivity contribution in [2.24, 2.45) is 0 Å². The van der Waals surface area contributed by atoms with Crippen molar-refractivity contribution >= 4 is 28.5 Å². The fraction of sp³-hybridized carbons (Fsp3) is 0.267. The maximum Gasteiger partial charge on any atom is 0.352 e. The highest BCUT2D eigenvalue weighted by Gasteiger charge is 2.21. The second kappa shape index (κ2) is 9.90. The van der Waals surface area contributed by atoms with Gasteiger partial charge in [0.05, 0.1) is 11.1 Å². The number of carboxylic acid groups (broad SMARTS) is 2. The summed E-state index contributed by atoms with van der Waals surface area (Å²) in [5, 5.41) is 23.8. The molecule has 4 aromatic rings. The number of aromatic amines is 1. The minimum Gasteiger partial charge on any atom is -0.478 e. The van der Waals surface area contributed by atoms with E-state index in [1.807, 2.05) is 25.1 Å². The Morgan fingerprint density at radius 2 is 1.78 bits per heavy atom. The summed E-state index contributed by atoms with van der Waals surface area (Å²) in [6.07, 6.45) is 5.87. The van der Waals surface area contributed by atoms with E-state index in [0.717, 1.165) is 65.3 Å². The standard InChI is InChI=1S/C30H30N2O4/c1-18-17-20(29(33)34)14-16-22(18)23-10-6-11-24-25(28(30(35)36)32-27(23)24)9-4-3-8-21-15-13-19-7-2-5-12-26(19)31-21/h2,5-7,10-12,14,16-17,21,31-32H,3-4,8-9,13,15H2,1H3,(H,33,34)(H,35,36). The third-order valence-corrected chi connectivity index (χ3v) is 7.29. The van der Waals surface area contributed by atoms with E-state index in [1.54, 1.807) is 18.2 Å². The molecular formula is C30H30N2O4. The lowest BCUT2D eigenvalue weighted by molar-refractivity contribution is 0.0682. The largest absolute Gasteiger partial charge is 0.478 e. The van der Waals surface area contributed by atoms with Crippen LogP contribution in [0.25, 0.3) is 22.0 Å². The summed E-state index contributed by atoms with van der Waals surface area (Å²) in [5.74, 6) is -1.93. The van der Waals surface area contributed by atoms with Gasteiger partial charge in [-0.25, -0.2) is 9.59 Å². The van der Waals surface area contributed by atoms with Gasteiger partial charge >= 0.3 is 11.9 Å². The van der Waals surface area contributed by atoms with Crippen molar-refractivity contribution in [1.29, 1.82) is 0 Å². The molecule has 0 radical (unpaired) electrons. The molecule has 1 atom stereocenters. The fourth-order valence-electron chi connectivity index (χ4n) is 5.45. The first-order valence-corrected chi connectivity index (χ1v) is 12.5. The zero-order valence-electron chi connectivity index (χ0n) is 20.3. The molecule has 5 rings (SSSR count). The topological polar surface area (TPSA) is 102 Å². The van der Waals surface area contributed by atoms with Crippen molar-refractivity contribution in [2.75, 3.05) is 5.32 Å². The van der Waals surface area contributed by atoms with Gasteiger partial charge in [0, 0.05) is 22.7 Å². The summed E-state index contributed by atoms with van der Waals surface area (Å²) in [4.78, 5) is 26.6. The predicted molar refractivity (Wildman–Crippen MR) is 142 cm³/mol. The molecule has 0 amide bonds. The van der Waals surface area contributed by atoms with Crippen molar-refractivity contribution in [2.45, 2.75) is 51.5 Å². The van der Waals surface area contributed by atoms with Crippen LogP contribution in [-0.2, 0) is 12.8 Å². The van der Waals surface area contributed by atoms with Crippen LogP contribution < -0.4 is 5.32 Å². The molecule has 0 bridgehead atoms. The van der Waals surface area contributed by atoms with Crippen LogP contribution in [-0.4, -0.2) is 33.2 Å².